The van der Waals surface area contributed by atoms with Crippen molar-refractivity contribution in [2.45, 2.75) is 77.1 Å². The SMILES string of the molecule is CCCC(CCC)S(=O)(=O)C[C@@H](NC=O)C(=O)NCCCNCc1cccc(CC)c1. The Bertz CT molecular complexity index is 762. The van der Waals surface area contributed by atoms with E-state index in [9.17, 15) is 18.0 Å². The third-order valence-corrected chi connectivity index (χ3v) is 7.56. The molecule has 1 rings (SSSR count). The second-order valence-electron chi connectivity index (χ2n) is 7.86. The van der Waals surface area contributed by atoms with E-state index in [4.69, 9.17) is 0 Å². The Balaban J connectivity index is 2.46. The van der Waals surface area contributed by atoms with E-state index in [1.54, 1.807) is 0 Å². The van der Waals surface area contributed by atoms with Crippen molar-refractivity contribution in [2.75, 3.05) is 18.8 Å². The Morgan fingerprint density at radius 3 is 2.35 bits per heavy atom. The molecule has 31 heavy (non-hydrogen) atoms. The lowest BCUT2D eigenvalue weighted by molar-refractivity contribution is -0.124. The van der Waals surface area contributed by atoms with E-state index < -0.39 is 27.0 Å². The van der Waals surface area contributed by atoms with Crippen LogP contribution in [0.2, 0.25) is 0 Å². The molecule has 0 saturated heterocycles. The molecule has 176 valence electrons. The molecule has 0 fully saturated rings. The summed E-state index contributed by atoms with van der Waals surface area (Å²) in [4.78, 5) is 23.4. The fourth-order valence-electron chi connectivity index (χ4n) is 3.54. The van der Waals surface area contributed by atoms with Crippen molar-refractivity contribution < 1.29 is 18.0 Å². The van der Waals surface area contributed by atoms with Gasteiger partial charge in [-0.25, -0.2) is 8.42 Å². The number of hydrogen-bond donors (Lipinski definition) is 3. The van der Waals surface area contributed by atoms with Crippen LogP contribution in [0.4, 0.5) is 0 Å². The van der Waals surface area contributed by atoms with Crippen molar-refractivity contribution in [3.05, 3.63) is 35.4 Å². The van der Waals surface area contributed by atoms with Crippen LogP contribution in [0, 0.1) is 0 Å². The van der Waals surface area contributed by atoms with Crippen molar-refractivity contribution in [2.24, 2.45) is 0 Å². The Kier molecular flexibility index (Phi) is 13.1. The second kappa shape index (κ2) is 15.0. The number of aryl methyl sites for hydroxylation is 1. The summed E-state index contributed by atoms with van der Waals surface area (Å²) in [7, 11) is -3.48. The summed E-state index contributed by atoms with van der Waals surface area (Å²) >= 11 is 0. The Hall–Kier alpha value is -1.93. The molecular weight excluding hydrogens is 414 g/mol. The highest BCUT2D eigenvalue weighted by atomic mass is 32.2. The van der Waals surface area contributed by atoms with Crippen LogP contribution >= 0.6 is 0 Å². The maximum Gasteiger partial charge on any atom is 0.243 e. The van der Waals surface area contributed by atoms with E-state index in [-0.39, 0.29) is 5.75 Å². The van der Waals surface area contributed by atoms with Gasteiger partial charge in [0.1, 0.15) is 6.04 Å². The predicted molar refractivity (Wildman–Crippen MR) is 126 cm³/mol. The van der Waals surface area contributed by atoms with E-state index in [0.717, 1.165) is 32.4 Å². The van der Waals surface area contributed by atoms with Crippen molar-refractivity contribution in [3.63, 3.8) is 0 Å². The molecule has 7 nitrogen and oxygen atoms in total. The zero-order valence-corrected chi connectivity index (χ0v) is 20.0. The molecule has 1 atom stereocenters. The molecule has 0 aliphatic rings. The molecule has 0 aliphatic carbocycles. The molecule has 0 unspecified atom stereocenters. The number of hydrogen-bond acceptors (Lipinski definition) is 5. The van der Waals surface area contributed by atoms with Crippen LogP contribution in [0.5, 0.6) is 0 Å². The third-order valence-electron chi connectivity index (χ3n) is 5.27. The van der Waals surface area contributed by atoms with Crippen LogP contribution in [0.15, 0.2) is 24.3 Å². The molecule has 8 heteroatoms. The zero-order valence-electron chi connectivity index (χ0n) is 19.2. The number of rotatable bonds is 17. The maximum atomic E-state index is 12.7. The van der Waals surface area contributed by atoms with Gasteiger partial charge in [0.2, 0.25) is 12.3 Å². The zero-order chi connectivity index (χ0) is 23.1. The Morgan fingerprint density at radius 2 is 1.74 bits per heavy atom. The number of benzene rings is 1. The third kappa shape index (κ3) is 10.3. The highest BCUT2D eigenvalue weighted by Gasteiger charge is 2.30. The fourth-order valence-corrected chi connectivity index (χ4v) is 5.71. The van der Waals surface area contributed by atoms with E-state index >= 15 is 0 Å². The largest absolute Gasteiger partial charge is 0.354 e. The first kappa shape index (κ1) is 27.1. The molecule has 0 aromatic heterocycles. The molecule has 0 spiro atoms. The van der Waals surface area contributed by atoms with Gasteiger partial charge in [-0.05, 0) is 43.4 Å². The minimum atomic E-state index is -3.48. The van der Waals surface area contributed by atoms with E-state index in [0.29, 0.717) is 32.2 Å². The number of sulfone groups is 1. The summed E-state index contributed by atoms with van der Waals surface area (Å²) in [5, 5.41) is 7.99. The molecule has 1 aromatic carbocycles. The van der Waals surface area contributed by atoms with Crippen LogP contribution in [-0.4, -0.2) is 50.9 Å². The number of nitrogens with one attached hydrogen (secondary N) is 3. The minimum Gasteiger partial charge on any atom is -0.354 e. The van der Waals surface area contributed by atoms with Gasteiger partial charge in [0.25, 0.3) is 0 Å². The summed E-state index contributed by atoms with van der Waals surface area (Å²) in [6, 6.07) is 7.35. The van der Waals surface area contributed by atoms with Gasteiger partial charge in [-0.1, -0.05) is 57.9 Å². The molecule has 2 amide bonds. The van der Waals surface area contributed by atoms with Crippen LogP contribution in [-0.2, 0) is 32.4 Å². The van der Waals surface area contributed by atoms with Gasteiger partial charge in [-0.3, -0.25) is 9.59 Å². The molecule has 3 N–H and O–H groups in total. The van der Waals surface area contributed by atoms with Gasteiger partial charge in [0.15, 0.2) is 9.84 Å². The molecule has 0 radical (unpaired) electrons. The number of carbonyl (C=O) groups is 2. The van der Waals surface area contributed by atoms with E-state index in [1.165, 1.54) is 11.1 Å². The van der Waals surface area contributed by atoms with Gasteiger partial charge in [-0.2, -0.15) is 0 Å². The average Bonchev–Trinajstić information content (AvgIpc) is 2.75. The smallest absolute Gasteiger partial charge is 0.243 e. The van der Waals surface area contributed by atoms with Gasteiger partial charge in [-0.15, -0.1) is 0 Å². The number of amides is 2. The number of carbonyl (C=O) groups excluding carboxylic acids is 2. The lowest BCUT2D eigenvalue weighted by atomic mass is 10.1. The lowest BCUT2D eigenvalue weighted by Crippen LogP contribution is -2.49. The highest BCUT2D eigenvalue weighted by Crippen LogP contribution is 2.16. The Morgan fingerprint density at radius 1 is 1.06 bits per heavy atom. The fraction of sp³-hybridized carbons (Fsp3) is 0.652. The summed E-state index contributed by atoms with van der Waals surface area (Å²) in [6.45, 7) is 7.90. The van der Waals surface area contributed by atoms with Crippen molar-refractivity contribution >= 4 is 22.2 Å². The first-order valence-electron chi connectivity index (χ1n) is 11.3. The van der Waals surface area contributed by atoms with Crippen molar-refractivity contribution in [3.8, 4) is 0 Å². The summed E-state index contributed by atoms with van der Waals surface area (Å²) in [5.41, 5.74) is 2.52. The highest BCUT2D eigenvalue weighted by molar-refractivity contribution is 7.92. The summed E-state index contributed by atoms with van der Waals surface area (Å²) < 4.78 is 25.5. The van der Waals surface area contributed by atoms with Crippen LogP contribution in [0.25, 0.3) is 0 Å². The molecule has 0 aliphatic heterocycles. The average molecular weight is 454 g/mol. The Labute approximate surface area is 187 Å². The van der Waals surface area contributed by atoms with Gasteiger partial charge in [0, 0.05) is 13.1 Å². The predicted octanol–water partition coefficient (Wildman–Crippen LogP) is 2.34. The quantitative estimate of drug-likeness (QED) is 0.248. The standard InChI is InChI=1S/C23H39N3O4S/c1-4-9-21(10-5-2)31(29,30)17-22(26-18-27)23(28)25-14-8-13-24-16-20-12-7-11-19(6-3)15-20/h7,11-12,15,18,21-22,24H,4-6,8-10,13-14,16-17H2,1-3H3,(H,25,28)(H,26,27)/t22-/m1/s1. The van der Waals surface area contributed by atoms with Gasteiger partial charge < -0.3 is 16.0 Å². The van der Waals surface area contributed by atoms with Crippen molar-refractivity contribution in [1.29, 1.82) is 0 Å². The second-order valence-corrected chi connectivity index (χ2v) is 10.2. The topological polar surface area (TPSA) is 104 Å². The van der Waals surface area contributed by atoms with E-state index in [2.05, 4.69) is 47.1 Å². The van der Waals surface area contributed by atoms with Crippen LogP contribution in [0.3, 0.4) is 0 Å². The molecule has 0 heterocycles. The molecular formula is C23H39N3O4S. The molecule has 0 saturated carbocycles. The van der Waals surface area contributed by atoms with Crippen LogP contribution in [0.1, 0.15) is 64.0 Å². The summed E-state index contributed by atoms with van der Waals surface area (Å²) in [5.74, 6) is -0.827. The van der Waals surface area contributed by atoms with Crippen LogP contribution < -0.4 is 16.0 Å². The summed E-state index contributed by atoms with van der Waals surface area (Å²) in [6.07, 6.45) is 4.75. The maximum absolute atomic E-state index is 12.7. The minimum absolute atomic E-state index is 0.367. The normalized spacial score (nSPS) is 12.5. The van der Waals surface area contributed by atoms with Gasteiger partial charge in [0.05, 0.1) is 11.0 Å². The molecule has 0 bridgehead atoms. The first-order chi connectivity index (χ1) is 14.9. The van der Waals surface area contributed by atoms with Crippen molar-refractivity contribution in [1.82, 2.24) is 16.0 Å². The molecule has 1 aromatic rings. The van der Waals surface area contributed by atoms with E-state index in [1.807, 2.05) is 13.8 Å². The monoisotopic (exact) mass is 453 g/mol. The van der Waals surface area contributed by atoms with Gasteiger partial charge >= 0.3 is 0 Å². The lowest BCUT2D eigenvalue weighted by Gasteiger charge is -2.21. The first-order valence-corrected chi connectivity index (χ1v) is 13.1.